The Morgan fingerprint density at radius 3 is 2.38 bits per heavy atom. The van der Waals surface area contributed by atoms with Gasteiger partial charge in [0.15, 0.2) is 3.79 Å². The SMILES string of the molecule is O=C1CN(C(I)P(=O)(O)O)C(=O)N1. The van der Waals surface area contributed by atoms with E-state index in [0.717, 1.165) is 4.90 Å². The average Bonchev–Trinajstić information content (AvgIpc) is 2.26. The molecule has 1 fully saturated rings. The Kier molecular flexibility index (Phi) is 2.95. The number of hydrogen-bond acceptors (Lipinski definition) is 3. The van der Waals surface area contributed by atoms with Crippen molar-refractivity contribution in [2.75, 3.05) is 6.54 Å². The summed E-state index contributed by atoms with van der Waals surface area (Å²) in [6, 6.07) is -0.771. The normalized spacial score (nSPS) is 20.4. The van der Waals surface area contributed by atoms with Gasteiger partial charge in [-0.15, -0.1) is 0 Å². The Morgan fingerprint density at radius 1 is 1.54 bits per heavy atom. The first-order chi connectivity index (χ1) is 5.82. The molecule has 1 saturated heterocycles. The molecule has 0 aliphatic carbocycles. The van der Waals surface area contributed by atoms with Gasteiger partial charge in [0.1, 0.15) is 6.54 Å². The molecule has 3 amide bonds. The number of alkyl halides is 1. The zero-order chi connectivity index (χ0) is 10.2. The fraction of sp³-hybridized carbons (Fsp3) is 0.500. The third kappa shape index (κ3) is 2.39. The number of halogens is 1. The number of hydrogen-bond donors (Lipinski definition) is 3. The Bertz CT molecular complexity index is 301. The van der Waals surface area contributed by atoms with E-state index in [1.54, 1.807) is 0 Å². The van der Waals surface area contributed by atoms with E-state index < -0.39 is 23.3 Å². The lowest BCUT2D eigenvalue weighted by atomic mass is 10.6. The highest BCUT2D eigenvalue weighted by Gasteiger charge is 2.40. The standard InChI is InChI=1S/C4H6IN2O5P/c5-3(13(10,11)12)7-1-2(8)6-4(7)9/h3H,1H2,(H,6,8,9)(H2,10,11,12). The molecule has 1 unspecified atom stereocenters. The van der Waals surface area contributed by atoms with E-state index in [1.807, 2.05) is 5.32 Å². The maximum Gasteiger partial charge on any atom is 0.357 e. The van der Waals surface area contributed by atoms with E-state index in [-0.39, 0.29) is 6.54 Å². The van der Waals surface area contributed by atoms with Gasteiger partial charge in [-0.3, -0.25) is 19.6 Å². The second kappa shape index (κ2) is 3.52. The highest BCUT2D eigenvalue weighted by atomic mass is 127. The second-order valence-corrected chi connectivity index (χ2v) is 6.21. The van der Waals surface area contributed by atoms with Crippen LogP contribution in [0.15, 0.2) is 0 Å². The molecule has 0 aromatic heterocycles. The van der Waals surface area contributed by atoms with Gasteiger partial charge in [0.25, 0.3) is 0 Å². The highest BCUT2D eigenvalue weighted by molar-refractivity contribution is 14.1. The van der Waals surface area contributed by atoms with Gasteiger partial charge in [-0.1, -0.05) is 0 Å². The van der Waals surface area contributed by atoms with Crippen LogP contribution in [-0.2, 0) is 9.36 Å². The van der Waals surface area contributed by atoms with Gasteiger partial charge in [0, 0.05) is 0 Å². The zero-order valence-corrected chi connectivity index (χ0v) is 9.23. The molecular weight excluding hydrogens is 314 g/mol. The topological polar surface area (TPSA) is 107 Å². The molecule has 7 nitrogen and oxygen atoms in total. The van der Waals surface area contributed by atoms with Crippen LogP contribution in [0.5, 0.6) is 0 Å². The smallest absolute Gasteiger partial charge is 0.322 e. The number of imide groups is 1. The Labute approximate surface area is 86.8 Å². The predicted octanol–water partition coefficient (Wildman–Crippen LogP) is -0.566. The van der Waals surface area contributed by atoms with Gasteiger partial charge in [-0.2, -0.15) is 0 Å². The summed E-state index contributed by atoms with van der Waals surface area (Å²) < 4.78 is 9.43. The van der Waals surface area contributed by atoms with Crippen LogP contribution in [0.1, 0.15) is 0 Å². The number of rotatable bonds is 2. The van der Waals surface area contributed by atoms with Crippen molar-refractivity contribution in [3.05, 3.63) is 0 Å². The fourth-order valence-electron chi connectivity index (χ4n) is 0.811. The molecule has 0 radical (unpaired) electrons. The third-order valence-electron chi connectivity index (χ3n) is 1.36. The number of nitrogens with one attached hydrogen (secondary N) is 1. The van der Waals surface area contributed by atoms with Crippen LogP contribution in [-0.4, -0.2) is 37.0 Å². The van der Waals surface area contributed by atoms with Crippen molar-refractivity contribution >= 4 is 42.1 Å². The van der Waals surface area contributed by atoms with Gasteiger partial charge >= 0.3 is 13.6 Å². The van der Waals surface area contributed by atoms with Crippen LogP contribution in [0.25, 0.3) is 0 Å². The number of carbonyl (C=O) groups excluding carboxylic acids is 2. The summed E-state index contributed by atoms with van der Waals surface area (Å²) in [6.45, 7) is -0.308. The molecule has 0 bridgehead atoms. The molecule has 0 saturated carbocycles. The molecule has 74 valence electrons. The van der Waals surface area contributed by atoms with Gasteiger partial charge in [-0.05, 0) is 22.6 Å². The first-order valence-corrected chi connectivity index (χ1v) is 6.05. The lowest BCUT2D eigenvalue weighted by Crippen LogP contribution is -2.34. The molecule has 9 heteroatoms. The average molecular weight is 320 g/mol. The van der Waals surface area contributed by atoms with E-state index in [0.29, 0.717) is 0 Å². The van der Waals surface area contributed by atoms with Gasteiger partial charge in [-0.25, -0.2) is 4.79 Å². The Morgan fingerprint density at radius 2 is 2.08 bits per heavy atom. The van der Waals surface area contributed by atoms with Crippen LogP contribution >= 0.6 is 30.2 Å². The minimum Gasteiger partial charge on any atom is -0.322 e. The molecule has 0 aromatic carbocycles. The van der Waals surface area contributed by atoms with Crippen molar-refractivity contribution in [2.24, 2.45) is 0 Å². The summed E-state index contributed by atoms with van der Waals surface area (Å²) in [5.41, 5.74) is 0. The molecule has 0 spiro atoms. The van der Waals surface area contributed by atoms with Crippen LogP contribution < -0.4 is 5.32 Å². The summed E-state index contributed by atoms with van der Waals surface area (Å²) in [4.78, 5) is 39.8. The second-order valence-electron chi connectivity index (χ2n) is 2.38. The Hall–Kier alpha value is -0.180. The van der Waals surface area contributed by atoms with E-state index in [2.05, 4.69) is 0 Å². The van der Waals surface area contributed by atoms with E-state index in [1.165, 1.54) is 22.6 Å². The molecule has 0 aromatic rings. The maximum absolute atomic E-state index is 10.9. The third-order valence-corrected chi connectivity index (χ3v) is 5.04. The van der Waals surface area contributed by atoms with Crippen molar-refractivity contribution in [1.29, 1.82) is 0 Å². The quantitative estimate of drug-likeness (QED) is 0.208. The van der Waals surface area contributed by atoms with Crippen LogP contribution in [0.2, 0.25) is 0 Å². The van der Waals surface area contributed by atoms with Crippen molar-refractivity contribution < 1.29 is 23.9 Å². The highest BCUT2D eigenvalue weighted by Crippen LogP contribution is 2.47. The molecule has 13 heavy (non-hydrogen) atoms. The number of carbonyl (C=O) groups is 2. The first-order valence-electron chi connectivity index (χ1n) is 3.12. The van der Waals surface area contributed by atoms with E-state index >= 15 is 0 Å². The number of urea groups is 1. The summed E-state index contributed by atoms with van der Waals surface area (Å²) in [5.74, 6) is -0.555. The van der Waals surface area contributed by atoms with Crippen LogP contribution in [0.3, 0.4) is 0 Å². The predicted molar refractivity (Wildman–Crippen MR) is 50.1 cm³/mol. The summed E-state index contributed by atoms with van der Waals surface area (Å²) in [7, 11) is -4.37. The van der Waals surface area contributed by atoms with Crippen molar-refractivity contribution in [3.8, 4) is 0 Å². The maximum atomic E-state index is 10.9. The summed E-state index contributed by atoms with van der Waals surface area (Å²) >= 11 is 1.43. The number of amides is 3. The molecule has 1 atom stereocenters. The first kappa shape index (κ1) is 10.9. The van der Waals surface area contributed by atoms with Crippen LogP contribution in [0.4, 0.5) is 4.79 Å². The Balaban J connectivity index is 2.79. The summed E-state index contributed by atoms with van der Waals surface area (Å²) in [6.07, 6.45) is 0. The molecule has 3 N–H and O–H groups in total. The zero-order valence-electron chi connectivity index (χ0n) is 6.18. The fourth-order valence-corrected chi connectivity index (χ4v) is 1.81. The largest absolute Gasteiger partial charge is 0.357 e. The van der Waals surface area contributed by atoms with Crippen molar-refractivity contribution in [2.45, 2.75) is 3.79 Å². The molecule has 1 aliphatic heterocycles. The molecule has 1 heterocycles. The molecule has 1 rings (SSSR count). The van der Waals surface area contributed by atoms with Crippen LogP contribution in [0, 0.1) is 0 Å². The minimum absolute atomic E-state index is 0.308. The lowest BCUT2D eigenvalue weighted by molar-refractivity contribution is -0.118. The van der Waals surface area contributed by atoms with Gasteiger partial charge in [0.2, 0.25) is 5.91 Å². The molecule has 1 aliphatic rings. The van der Waals surface area contributed by atoms with Crippen molar-refractivity contribution in [3.63, 3.8) is 0 Å². The monoisotopic (exact) mass is 320 g/mol. The molecular formula is C4H6IN2O5P. The van der Waals surface area contributed by atoms with Crippen molar-refractivity contribution in [1.82, 2.24) is 10.2 Å². The minimum atomic E-state index is -4.37. The van der Waals surface area contributed by atoms with Gasteiger partial charge < -0.3 is 9.79 Å². The summed E-state index contributed by atoms with van der Waals surface area (Å²) in [5, 5.41) is 1.92. The van der Waals surface area contributed by atoms with Gasteiger partial charge in [0.05, 0.1) is 0 Å². The lowest BCUT2D eigenvalue weighted by Gasteiger charge is -2.20. The van der Waals surface area contributed by atoms with E-state index in [9.17, 15) is 14.2 Å². The number of nitrogens with zero attached hydrogens (tertiary/aromatic N) is 1. The van der Waals surface area contributed by atoms with E-state index in [4.69, 9.17) is 9.79 Å².